The third-order valence-electron chi connectivity index (χ3n) is 6.85. The molecule has 4 rings (SSSR count). The van der Waals surface area contributed by atoms with Crippen LogP contribution in [0.2, 0.25) is 5.02 Å². The molecule has 0 N–H and O–H groups in total. The number of halogens is 1. The molecule has 2 aliphatic rings. The number of hydrogen-bond donors (Lipinski definition) is 0. The van der Waals surface area contributed by atoms with Crippen molar-refractivity contribution in [3.8, 4) is 0 Å². The number of hydrogen-bond acceptors (Lipinski definition) is 8. The summed E-state index contributed by atoms with van der Waals surface area (Å²) in [7, 11) is 0. The SMILES string of the molecule is Cc1cc([N+](=O)[O-])cnc1N(CC[C@@H]1C[C@@H]1C1CCN(c2ncc(Cl)cn2)CC1)C(=O)OC(C)(C)C. The topological polar surface area (TPSA) is 115 Å². The number of aromatic nitrogens is 3. The summed E-state index contributed by atoms with van der Waals surface area (Å²) < 4.78 is 5.63. The Bertz CT molecular complexity index is 1100. The predicted octanol–water partition coefficient (Wildman–Crippen LogP) is 5.43. The average molecular weight is 517 g/mol. The van der Waals surface area contributed by atoms with Gasteiger partial charge in [0.15, 0.2) is 0 Å². The fourth-order valence-electron chi connectivity index (χ4n) is 5.01. The number of amides is 1. The monoisotopic (exact) mass is 516 g/mol. The van der Waals surface area contributed by atoms with Crippen LogP contribution in [0.15, 0.2) is 24.7 Å². The van der Waals surface area contributed by atoms with E-state index in [-0.39, 0.29) is 5.69 Å². The van der Waals surface area contributed by atoms with Crippen LogP contribution in [0.5, 0.6) is 0 Å². The van der Waals surface area contributed by atoms with Crippen LogP contribution in [-0.4, -0.2) is 51.2 Å². The van der Waals surface area contributed by atoms with Gasteiger partial charge in [0.1, 0.15) is 17.6 Å². The summed E-state index contributed by atoms with van der Waals surface area (Å²) in [6.07, 6.45) is 8.13. The molecule has 1 aliphatic carbocycles. The zero-order chi connectivity index (χ0) is 26.0. The number of anilines is 2. The second-order valence-electron chi connectivity index (χ2n) is 10.7. The minimum Gasteiger partial charge on any atom is -0.443 e. The van der Waals surface area contributed by atoms with Gasteiger partial charge in [-0.2, -0.15) is 0 Å². The fraction of sp³-hybridized carbons (Fsp3) is 0.600. The minimum atomic E-state index is -0.659. The van der Waals surface area contributed by atoms with Gasteiger partial charge in [-0.15, -0.1) is 0 Å². The Morgan fingerprint density at radius 2 is 1.89 bits per heavy atom. The molecule has 0 bridgehead atoms. The molecule has 0 spiro atoms. The van der Waals surface area contributed by atoms with E-state index >= 15 is 0 Å². The Hall–Kier alpha value is -3.01. The first-order valence-electron chi connectivity index (χ1n) is 12.4. The molecule has 10 nitrogen and oxygen atoms in total. The molecular weight excluding hydrogens is 484 g/mol. The van der Waals surface area contributed by atoms with Crippen LogP contribution in [-0.2, 0) is 4.74 Å². The van der Waals surface area contributed by atoms with Gasteiger partial charge in [-0.25, -0.2) is 19.7 Å². The highest BCUT2D eigenvalue weighted by molar-refractivity contribution is 6.30. The van der Waals surface area contributed by atoms with Crippen LogP contribution in [0.3, 0.4) is 0 Å². The molecule has 0 unspecified atom stereocenters. The maximum absolute atomic E-state index is 13.0. The van der Waals surface area contributed by atoms with Crippen LogP contribution in [0.25, 0.3) is 0 Å². The minimum absolute atomic E-state index is 0.0991. The molecule has 1 saturated carbocycles. The van der Waals surface area contributed by atoms with Gasteiger partial charge in [-0.1, -0.05) is 11.6 Å². The van der Waals surface area contributed by atoms with Crippen LogP contribution in [0.4, 0.5) is 22.2 Å². The fourth-order valence-corrected chi connectivity index (χ4v) is 5.11. The highest BCUT2D eigenvalue weighted by Crippen LogP contribution is 2.50. The zero-order valence-corrected chi connectivity index (χ0v) is 21.9. The van der Waals surface area contributed by atoms with Crippen molar-refractivity contribution < 1.29 is 14.5 Å². The van der Waals surface area contributed by atoms with Crippen molar-refractivity contribution in [2.45, 2.75) is 59.0 Å². The molecule has 2 atom stereocenters. The van der Waals surface area contributed by atoms with E-state index in [4.69, 9.17) is 16.3 Å². The lowest BCUT2D eigenvalue weighted by Crippen LogP contribution is -2.38. The van der Waals surface area contributed by atoms with Crippen LogP contribution in [0, 0.1) is 34.8 Å². The quantitative estimate of drug-likeness (QED) is 0.353. The average Bonchev–Trinajstić information content (AvgIpc) is 3.59. The molecule has 2 fully saturated rings. The molecule has 0 aromatic carbocycles. The lowest BCUT2D eigenvalue weighted by atomic mass is 9.90. The van der Waals surface area contributed by atoms with E-state index in [1.165, 1.54) is 17.2 Å². The Morgan fingerprint density at radius 3 is 2.47 bits per heavy atom. The van der Waals surface area contributed by atoms with Crippen molar-refractivity contribution in [3.05, 3.63) is 45.4 Å². The highest BCUT2D eigenvalue weighted by atomic mass is 35.5. The van der Waals surface area contributed by atoms with Crippen molar-refractivity contribution >= 4 is 35.1 Å². The largest absolute Gasteiger partial charge is 0.443 e. The molecule has 2 aromatic heterocycles. The number of piperidine rings is 1. The molecule has 0 radical (unpaired) electrons. The van der Waals surface area contributed by atoms with Gasteiger partial charge in [0.2, 0.25) is 5.95 Å². The lowest BCUT2D eigenvalue weighted by molar-refractivity contribution is -0.385. The lowest BCUT2D eigenvalue weighted by Gasteiger charge is -2.32. The van der Waals surface area contributed by atoms with Crippen LogP contribution in [0.1, 0.15) is 52.0 Å². The number of nitro groups is 1. The molecule has 11 heteroatoms. The van der Waals surface area contributed by atoms with E-state index in [1.807, 2.05) is 20.8 Å². The second-order valence-corrected chi connectivity index (χ2v) is 11.1. The smallest absolute Gasteiger partial charge is 0.416 e. The van der Waals surface area contributed by atoms with Crippen molar-refractivity contribution in [3.63, 3.8) is 0 Å². The first-order valence-corrected chi connectivity index (χ1v) is 12.7. The third-order valence-corrected chi connectivity index (χ3v) is 7.05. The molecule has 2 aromatic rings. The summed E-state index contributed by atoms with van der Waals surface area (Å²) in [6, 6.07) is 1.44. The predicted molar refractivity (Wildman–Crippen MR) is 137 cm³/mol. The Morgan fingerprint density at radius 1 is 1.22 bits per heavy atom. The van der Waals surface area contributed by atoms with E-state index in [1.54, 1.807) is 19.3 Å². The second kappa shape index (κ2) is 10.5. The van der Waals surface area contributed by atoms with Crippen LogP contribution >= 0.6 is 11.6 Å². The van der Waals surface area contributed by atoms with E-state index in [0.29, 0.717) is 40.7 Å². The van der Waals surface area contributed by atoms with Gasteiger partial charge in [0.05, 0.1) is 22.3 Å². The number of rotatable bonds is 7. The summed E-state index contributed by atoms with van der Waals surface area (Å²) in [5, 5.41) is 11.7. The Kier molecular flexibility index (Phi) is 7.63. The number of aryl methyl sites for hydroxylation is 1. The third kappa shape index (κ3) is 6.40. The molecule has 1 saturated heterocycles. The normalized spacial score (nSPS) is 20.2. The summed E-state index contributed by atoms with van der Waals surface area (Å²) in [6.45, 7) is 9.48. The van der Waals surface area contributed by atoms with Gasteiger partial charge in [-0.05, 0) is 76.7 Å². The van der Waals surface area contributed by atoms with Crippen molar-refractivity contribution in [1.29, 1.82) is 0 Å². The van der Waals surface area contributed by atoms with E-state index < -0.39 is 16.6 Å². The molecule has 36 heavy (non-hydrogen) atoms. The van der Waals surface area contributed by atoms with E-state index in [2.05, 4.69) is 19.9 Å². The maximum atomic E-state index is 13.0. The first-order chi connectivity index (χ1) is 17.0. The molecular formula is C25H33ClN6O4. The van der Waals surface area contributed by atoms with Gasteiger partial charge in [-0.3, -0.25) is 15.0 Å². The van der Waals surface area contributed by atoms with Gasteiger partial charge < -0.3 is 9.64 Å². The van der Waals surface area contributed by atoms with Crippen molar-refractivity contribution in [1.82, 2.24) is 15.0 Å². The summed E-state index contributed by atoms with van der Waals surface area (Å²) in [4.78, 5) is 40.3. The highest BCUT2D eigenvalue weighted by Gasteiger charge is 2.44. The number of carbonyl (C=O) groups excluding carboxylic acids is 1. The summed E-state index contributed by atoms with van der Waals surface area (Å²) in [5.74, 6) is 2.96. The van der Waals surface area contributed by atoms with E-state index in [0.717, 1.165) is 44.7 Å². The maximum Gasteiger partial charge on any atom is 0.416 e. The number of ether oxygens (including phenoxy) is 1. The van der Waals surface area contributed by atoms with Gasteiger partial charge in [0.25, 0.3) is 5.69 Å². The van der Waals surface area contributed by atoms with Gasteiger partial charge in [0, 0.05) is 25.7 Å². The molecule has 1 amide bonds. The number of pyridine rings is 1. The molecule has 194 valence electrons. The van der Waals surface area contributed by atoms with Crippen molar-refractivity contribution in [2.75, 3.05) is 29.4 Å². The first kappa shape index (κ1) is 26.1. The van der Waals surface area contributed by atoms with Gasteiger partial charge >= 0.3 is 6.09 Å². The summed E-state index contributed by atoms with van der Waals surface area (Å²) >= 11 is 5.90. The standard InChI is InChI=1S/C25H33ClN6O4/c1-16-11-20(32(34)35)15-27-22(16)31(24(33)36-25(2,3)4)10-7-18-12-21(18)17-5-8-30(9-6-17)23-28-13-19(26)14-29-23/h11,13-15,17-18,21H,5-10,12H2,1-4H3/t18-,21-/m1/s1. The number of nitrogens with zero attached hydrogens (tertiary/aromatic N) is 6. The van der Waals surface area contributed by atoms with Crippen LogP contribution < -0.4 is 9.80 Å². The zero-order valence-electron chi connectivity index (χ0n) is 21.2. The van der Waals surface area contributed by atoms with E-state index in [9.17, 15) is 14.9 Å². The Balaban J connectivity index is 1.36. The number of carbonyl (C=O) groups is 1. The molecule has 1 aliphatic heterocycles. The Labute approximate surface area is 216 Å². The molecule has 3 heterocycles. The van der Waals surface area contributed by atoms with Crippen molar-refractivity contribution in [2.24, 2.45) is 17.8 Å². The summed E-state index contributed by atoms with van der Waals surface area (Å²) in [5.41, 5.74) is -0.189.